The van der Waals surface area contributed by atoms with Crippen LogP contribution in [0.2, 0.25) is 0 Å². The summed E-state index contributed by atoms with van der Waals surface area (Å²) in [4.78, 5) is 27.5. The molecule has 1 aliphatic rings. The standard InChI is InChI=1S/C26H27N3O3/c1-4-29(20-9-6-5-7-10-20)26(31)24-18(3)23-21(11-8-12-22(23)32-24)27-28-25(30)19-15-13-17(2)14-16-19/h5-7,9-10,13-16H,4,8,11-12H2,1-3H3,(H,28,30)/b27-21+. The maximum Gasteiger partial charge on any atom is 0.294 e. The molecule has 4 rings (SSSR count). The Morgan fingerprint density at radius 3 is 2.44 bits per heavy atom. The maximum atomic E-state index is 13.3. The number of hydrogen-bond acceptors (Lipinski definition) is 4. The van der Waals surface area contributed by atoms with Crippen molar-refractivity contribution >= 4 is 23.2 Å². The zero-order valence-electron chi connectivity index (χ0n) is 18.6. The van der Waals surface area contributed by atoms with E-state index in [-0.39, 0.29) is 11.8 Å². The van der Waals surface area contributed by atoms with Gasteiger partial charge in [-0.2, -0.15) is 5.10 Å². The monoisotopic (exact) mass is 429 g/mol. The van der Waals surface area contributed by atoms with Gasteiger partial charge >= 0.3 is 0 Å². The van der Waals surface area contributed by atoms with Crippen LogP contribution in [0.5, 0.6) is 0 Å². The molecule has 0 saturated heterocycles. The van der Waals surface area contributed by atoms with Crippen LogP contribution in [0.25, 0.3) is 0 Å². The summed E-state index contributed by atoms with van der Waals surface area (Å²) < 4.78 is 6.05. The molecular weight excluding hydrogens is 402 g/mol. The number of anilines is 1. The van der Waals surface area contributed by atoms with Crippen molar-refractivity contribution in [1.82, 2.24) is 5.43 Å². The summed E-state index contributed by atoms with van der Waals surface area (Å²) in [7, 11) is 0. The van der Waals surface area contributed by atoms with Crippen LogP contribution in [-0.2, 0) is 6.42 Å². The second kappa shape index (κ2) is 9.22. The highest BCUT2D eigenvalue weighted by molar-refractivity contribution is 6.10. The van der Waals surface area contributed by atoms with Crippen molar-refractivity contribution in [3.8, 4) is 0 Å². The van der Waals surface area contributed by atoms with Crippen LogP contribution >= 0.6 is 0 Å². The number of aryl methyl sites for hydroxylation is 2. The van der Waals surface area contributed by atoms with E-state index in [1.807, 2.05) is 63.2 Å². The number of nitrogens with zero attached hydrogens (tertiary/aromatic N) is 2. The van der Waals surface area contributed by atoms with Gasteiger partial charge in [-0.15, -0.1) is 0 Å². The van der Waals surface area contributed by atoms with E-state index in [1.165, 1.54) is 0 Å². The van der Waals surface area contributed by atoms with Gasteiger partial charge in [-0.25, -0.2) is 5.43 Å². The lowest BCUT2D eigenvalue weighted by molar-refractivity contribution is 0.0949. The number of rotatable bonds is 5. The van der Waals surface area contributed by atoms with Gasteiger partial charge in [0.25, 0.3) is 11.8 Å². The molecule has 3 aromatic rings. The first kappa shape index (κ1) is 21.6. The average Bonchev–Trinajstić information content (AvgIpc) is 3.16. The molecule has 0 fully saturated rings. The third-order valence-electron chi connectivity index (χ3n) is 5.76. The number of amides is 2. The second-order valence-electron chi connectivity index (χ2n) is 7.96. The Morgan fingerprint density at radius 1 is 1.03 bits per heavy atom. The molecule has 6 heteroatoms. The molecule has 0 spiro atoms. The van der Waals surface area contributed by atoms with Gasteiger partial charge < -0.3 is 9.32 Å². The lowest BCUT2D eigenvalue weighted by Gasteiger charge is -2.20. The molecule has 0 unspecified atom stereocenters. The summed E-state index contributed by atoms with van der Waals surface area (Å²) in [5.74, 6) is 0.654. The molecule has 1 heterocycles. The van der Waals surface area contributed by atoms with Crippen LogP contribution < -0.4 is 10.3 Å². The first-order valence-electron chi connectivity index (χ1n) is 10.9. The van der Waals surface area contributed by atoms with Crippen LogP contribution in [0.1, 0.15) is 63.1 Å². The van der Waals surface area contributed by atoms with E-state index in [1.54, 1.807) is 17.0 Å². The maximum absolute atomic E-state index is 13.3. The van der Waals surface area contributed by atoms with Crippen molar-refractivity contribution in [3.63, 3.8) is 0 Å². The fourth-order valence-corrected chi connectivity index (χ4v) is 4.05. The van der Waals surface area contributed by atoms with E-state index >= 15 is 0 Å². The van der Waals surface area contributed by atoms with Crippen molar-refractivity contribution in [2.45, 2.75) is 40.0 Å². The number of hydrogen-bond donors (Lipinski definition) is 1. The first-order valence-corrected chi connectivity index (χ1v) is 10.9. The molecular formula is C26H27N3O3. The van der Waals surface area contributed by atoms with Gasteiger partial charge in [0.05, 0.1) is 5.71 Å². The molecule has 0 radical (unpaired) electrons. The zero-order valence-corrected chi connectivity index (χ0v) is 18.6. The molecule has 1 aromatic heterocycles. The van der Waals surface area contributed by atoms with Gasteiger partial charge in [-0.05, 0) is 57.9 Å². The number of furan rings is 1. The van der Waals surface area contributed by atoms with E-state index < -0.39 is 0 Å². The van der Waals surface area contributed by atoms with Crippen molar-refractivity contribution in [1.29, 1.82) is 0 Å². The molecule has 0 aliphatic heterocycles. The second-order valence-corrected chi connectivity index (χ2v) is 7.96. The Kier molecular flexibility index (Phi) is 6.21. The molecule has 0 atom stereocenters. The van der Waals surface area contributed by atoms with Gasteiger partial charge in [0.15, 0.2) is 5.76 Å². The summed E-state index contributed by atoms with van der Waals surface area (Å²) in [5, 5.41) is 4.41. The number of nitrogens with one attached hydrogen (secondary N) is 1. The Hall–Kier alpha value is -3.67. The van der Waals surface area contributed by atoms with Crippen molar-refractivity contribution in [3.05, 3.63) is 88.4 Å². The topological polar surface area (TPSA) is 74.9 Å². The van der Waals surface area contributed by atoms with Gasteiger partial charge in [0.2, 0.25) is 0 Å². The minimum atomic E-state index is -0.261. The lowest BCUT2D eigenvalue weighted by atomic mass is 9.93. The largest absolute Gasteiger partial charge is 0.455 e. The minimum Gasteiger partial charge on any atom is -0.455 e. The predicted octanol–water partition coefficient (Wildman–Crippen LogP) is 5.03. The molecule has 0 bridgehead atoms. The molecule has 1 N–H and O–H groups in total. The summed E-state index contributed by atoms with van der Waals surface area (Å²) in [5.41, 5.74) is 7.49. The SMILES string of the molecule is CCN(C(=O)c1oc2c(c1C)/C(=N/NC(=O)c1ccc(C)cc1)CCC2)c1ccccc1. The van der Waals surface area contributed by atoms with E-state index in [0.717, 1.165) is 46.7 Å². The molecule has 1 aliphatic carbocycles. The van der Waals surface area contributed by atoms with E-state index in [9.17, 15) is 9.59 Å². The Labute approximate surface area is 187 Å². The summed E-state index contributed by atoms with van der Waals surface area (Å²) >= 11 is 0. The lowest BCUT2D eigenvalue weighted by Crippen LogP contribution is -2.30. The van der Waals surface area contributed by atoms with E-state index in [4.69, 9.17) is 4.42 Å². The molecule has 0 saturated carbocycles. The molecule has 2 amide bonds. The number of hydrazone groups is 1. The summed E-state index contributed by atoms with van der Waals surface area (Å²) in [6, 6.07) is 16.9. The molecule has 164 valence electrons. The number of fused-ring (bicyclic) bond motifs is 1. The molecule has 2 aromatic carbocycles. The Balaban J connectivity index is 1.61. The van der Waals surface area contributed by atoms with Gasteiger partial charge in [-0.1, -0.05) is 35.9 Å². The van der Waals surface area contributed by atoms with Crippen LogP contribution in [0.4, 0.5) is 5.69 Å². The third kappa shape index (κ3) is 4.21. The van der Waals surface area contributed by atoms with E-state index in [2.05, 4.69) is 10.5 Å². The minimum absolute atomic E-state index is 0.173. The first-order chi connectivity index (χ1) is 15.5. The normalized spacial score (nSPS) is 14.2. The quantitative estimate of drug-likeness (QED) is 0.578. The third-order valence-corrected chi connectivity index (χ3v) is 5.76. The highest BCUT2D eigenvalue weighted by Crippen LogP contribution is 2.31. The fourth-order valence-electron chi connectivity index (χ4n) is 4.05. The van der Waals surface area contributed by atoms with Gasteiger partial charge in [0.1, 0.15) is 5.76 Å². The Bertz CT molecular complexity index is 1160. The highest BCUT2D eigenvalue weighted by atomic mass is 16.4. The summed E-state index contributed by atoms with van der Waals surface area (Å²) in [6.07, 6.45) is 2.31. The zero-order chi connectivity index (χ0) is 22.7. The van der Waals surface area contributed by atoms with Crippen molar-refractivity contribution in [2.75, 3.05) is 11.4 Å². The van der Waals surface area contributed by atoms with Crippen molar-refractivity contribution in [2.24, 2.45) is 5.10 Å². The highest BCUT2D eigenvalue weighted by Gasteiger charge is 2.30. The van der Waals surface area contributed by atoms with Gasteiger partial charge in [-0.3, -0.25) is 9.59 Å². The average molecular weight is 430 g/mol. The number of carbonyl (C=O) groups excluding carboxylic acids is 2. The fraction of sp³-hybridized carbons (Fsp3) is 0.269. The van der Waals surface area contributed by atoms with Crippen LogP contribution in [0.3, 0.4) is 0 Å². The smallest absolute Gasteiger partial charge is 0.294 e. The van der Waals surface area contributed by atoms with Crippen LogP contribution in [0, 0.1) is 13.8 Å². The number of carbonyl (C=O) groups is 2. The molecule has 32 heavy (non-hydrogen) atoms. The van der Waals surface area contributed by atoms with E-state index in [0.29, 0.717) is 24.3 Å². The number of benzene rings is 2. The van der Waals surface area contributed by atoms with Crippen LogP contribution in [-0.4, -0.2) is 24.1 Å². The van der Waals surface area contributed by atoms with Crippen molar-refractivity contribution < 1.29 is 14.0 Å². The molecule has 6 nitrogen and oxygen atoms in total. The number of para-hydroxylation sites is 1. The summed E-state index contributed by atoms with van der Waals surface area (Å²) in [6.45, 7) is 6.33. The predicted molar refractivity (Wildman–Crippen MR) is 125 cm³/mol. The van der Waals surface area contributed by atoms with Gasteiger partial charge in [0, 0.05) is 35.3 Å². The van der Waals surface area contributed by atoms with Crippen LogP contribution in [0.15, 0.2) is 64.1 Å². The Morgan fingerprint density at radius 2 is 1.75 bits per heavy atom.